The van der Waals surface area contributed by atoms with Crippen molar-refractivity contribution in [3.63, 3.8) is 0 Å². The van der Waals surface area contributed by atoms with Crippen LogP contribution < -0.4 is 14.8 Å². The molecule has 0 unspecified atom stereocenters. The second-order valence-electron chi connectivity index (χ2n) is 6.48. The third kappa shape index (κ3) is 2.60. The third-order valence-electron chi connectivity index (χ3n) is 5.05. The summed E-state index contributed by atoms with van der Waals surface area (Å²) < 4.78 is 10.4. The van der Waals surface area contributed by atoms with Crippen molar-refractivity contribution in [2.24, 2.45) is 0 Å². The molecule has 0 saturated carbocycles. The topological polar surface area (TPSA) is 128 Å². The zero-order valence-electron chi connectivity index (χ0n) is 15.4. The molecule has 2 aromatic rings. The number of benzene rings is 2. The number of imide groups is 1. The van der Waals surface area contributed by atoms with E-state index in [1.165, 1.54) is 26.4 Å². The molecule has 2 heterocycles. The number of nitro groups is 1. The highest BCUT2D eigenvalue weighted by atomic mass is 16.6. The van der Waals surface area contributed by atoms with Crippen molar-refractivity contribution in [2.75, 3.05) is 14.2 Å². The maximum absolute atomic E-state index is 12.9. The molecule has 0 radical (unpaired) electrons. The van der Waals surface area contributed by atoms with E-state index in [2.05, 4.69) is 5.32 Å². The number of hydrogen-bond donors (Lipinski definition) is 1. The Labute approximate surface area is 164 Å². The number of methoxy groups -OCH3 is 2. The monoisotopic (exact) mass is 397 g/mol. The van der Waals surface area contributed by atoms with Gasteiger partial charge in [0.25, 0.3) is 17.5 Å². The summed E-state index contributed by atoms with van der Waals surface area (Å²) in [6.07, 6.45) is 0. The molecule has 10 heteroatoms. The van der Waals surface area contributed by atoms with Gasteiger partial charge in [-0.1, -0.05) is 12.1 Å². The Balaban J connectivity index is 1.72. The third-order valence-corrected chi connectivity index (χ3v) is 5.05. The van der Waals surface area contributed by atoms with Gasteiger partial charge in [-0.15, -0.1) is 0 Å². The van der Waals surface area contributed by atoms with E-state index in [0.717, 1.165) is 11.0 Å². The number of rotatable bonds is 5. The minimum absolute atomic E-state index is 0.0880. The first-order valence-corrected chi connectivity index (χ1v) is 8.56. The summed E-state index contributed by atoms with van der Waals surface area (Å²) in [4.78, 5) is 49.3. The second kappa shape index (κ2) is 6.59. The first-order valence-electron chi connectivity index (χ1n) is 8.56. The lowest BCUT2D eigenvalue weighted by atomic mass is 9.90. The zero-order valence-corrected chi connectivity index (χ0v) is 15.4. The molecule has 4 rings (SSSR count). The molecule has 2 aliphatic heterocycles. The summed E-state index contributed by atoms with van der Waals surface area (Å²) in [6, 6.07) is 6.98. The average molecular weight is 397 g/mol. The van der Waals surface area contributed by atoms with Crippen LogP contribution in [0.1, 0.15) is 32.3 Å². The van der Waals surface area contributed by atoms with Gasteiger partial charge in [0, 0.05) is 6.07 Å². The van der Waals surface area contributed by atoms with Crippen LogP contribution in [0.3, 0.4) is 0 Å². The fourth-order valence-corrected chi connectivity index (χ4v) is 3.64. The fourth-order valence-electron chi connectivity index (χ4n) is 3.64. The lowest BCUT2D eigenvalue weighted by Gasteiger charge is -2.41. The van der Waals surface area contributed by atoms with Gasteiger partial charge >= 0.3 is 0 Å². The SMILES string of the molecule is COc1ccc([C@@H]2NC(=O)[C@@H]2N2C(=O)c3cccc([N+](=O)[O-])c3C2=O)cc1OC. The summed E-state index contributed by atoms with van der Waals surface area (Å²) in [5.74, 6) is -1.22. The molecule has 1 saturated heterocycles. The maximum atomic E-state index is 12.9. The molecule has 1 fully saturated rings. The quantitative estimate of drug-likeness (QED) is 0.350. The van der Waals surface area contributed by atoms with Gasteiger partial charge in [-0.2, -0.15) is 0 Å². The first-order chi connectivity index (χ1) is 13.9. The van der Waals surface area contributed by atoms with E-state index in [1.54, 1.807) is 18.2 Å². The van der Waals surface area contributed by atoms with Gasteiger partial charge in [-0.05, 0) is 23.8 Å². The highest BCUT2D eigenvalue weighted by Gasteiger charge is 2.54. The van der Waals surface area contributed by atoms with Crippen molar-refractivity contribution in [2.45, 2.75) is 12.1 Å². The number of carbonyl (C=O) groups excluding carboxylic acids is 3. The second-order valence-corrected chi connectivity index (χ2v) is 6.48. The lowest BCUT2D eigenvalue weighted by Crippen LogP contribution is -2.65. The van der Waals surface area contributed by atoms with Crippen LogP contribution >= 0.6 is 0 Å². The zero-order chi connectivity index (χ0) is 20.9. The van der Waals surface area contributed by atoms with Gasteiger partial charge in [-0.3, -0.25) is 29.4 Å². The average Bonchev–Trinajstić information content (AvgIpc) is 2.96. The number of hydrogen-bond acceptors (Lipinski definition) is 7. The number of β-lactam (4-membered cyclic amide) rings is 1. The van der Waals surface area contributed by atoms with Crippen LogP contribution in [-0.2, 0) is 4.79 Å². The van der Waals surface area contributed by atoms with E-state index in [1.807, 2.05) is 0 Å². The van der Waals surface area contributed by atoms with Gasteiger partial charge in [0.2, 0.25) is 5.91 Å². The smallest absolute Gasteiger partial charge is 0.282 e. The number of ether oxygens (including phenoxy) is 2. The van der Waals surface area contributed by atoms with Crippen molar-refractivity contribution in [3.8, 4) is 11.5 Å². The van der Waals surface area contributed by atoms with Crippen LogP contribution in [0.5, 0.6) is 11.5 Å². The number of fused-ring (bicyclic) bond motifs is 1. The Morgan fingerprint density at radius 2 is 1.76 bits per heavy atom. The van der Waals surface area contributed by atoms with Crippen LogP contribution in [0.15, 0.2) is 36.4 Å². The molecular weight excluding hydrogens is 382 g/mol. The summed E-state index contributed by atoms with van der Waals surface area (Å²) in [5, 5.41) is 13.9. The molecule has 2 atom stereocenters. The molecular formula is C19H15N3O7. The van der Waals surface area contributed by atoms with Crippen LogP contribution in [0.2, 0.25) is 0 Å². The number of nitrogens with one attached hydrogen (secondary N) is 1. The van der Waals surface area contributed by atoms with E-state index in [-0.39, 0.29) is 11.1 Å². The number of carbonyl (C=O) groups is 3. The summed E-state index contributed by atoms with van der Waals surface area (Å²) in [5.41, 5.74) is -0.257. The summed E-state index contributed by atoms with van der Waals surface area (Å²) in [6.45, 7) is 0. The minimum Gasteiger partial charge on any atom is -0.493 e. The Morgan fingerprint density at radius 1 is 1.03 bits per heavy atom. The van der Waals surface area contributed by atoms with Crippen LogP contribution in [0.25, 0.3) is 0 Å². The van der Waals surface area contributed by atoms with Crippen LogP contribution in [-0.4, -0.2) is 47.8 Å². The first kappa shape index (κ1) is 18.4. The van der Waals surface area contributed by atoms with E-state index in [4.69, 9.17) is 9.47 Å². The largest absolute Gasteiger partial charge is 0.493 e. The van der Waals surface area contributed by atoms with Gasteiger partial charge < -0.3 is 14.8 Å². The Kier molecular flexibility index (Phi) is 4.18. The molecule has 29 heavy (non-hydrogen) atoms. The van der Waals surface area contributed by atoms with E-state index in [9.17, 15) is 24.5 Å². The lowest BCUT2D eigenvalue weighted by molar-refractivity contribution is -0.385. The molecule has 1 N–H and O–H groups in total. The van der Waals surface area contributed by atoms with E-state index < -0.39 is 40.4 Å². The van der Waals surface area contributed by atoms with Gasteiger partial charge in [0.05, 0.1) is 30.7 Å². The summed E-state index contributed by atoms with van der Waals surface area (Å²) >= 11 is 0. The fraction of sp³-hybridized carbons (Fsp3) is 0.211. The molecule has 148 valence electrons. The Morgan fingerprint density at radius 3 is 2.38 bits per heavy atom. The predicted octanol–water partition coefficient (Wildman–Crippen LogP) is 1.45. The number of nitro benzene ring substituents is 1. The van der Waals surface area contributed by atoms with Gasteiger partial charge in [-0.25, -0.2) is 0 Å². The van der Waals surface area contributed by atoms with Crippen molar-refractivity contribution >= 4 is 23.4 Å². The van der Waals surface area contributed by atoms with Crippen LogP contribution in [0, 0.1) is 10.1 Å². The van der Waals surface area contributed by atoms with Gasteiger partial charge in [0.15, 0.2) is 11.5 Å². The van der Waals surface area contributed by atoms with Gasteiger partial charge in [0.1, 0.15) is 11.6 Å². The molecule has 0 bridgehead atoms. The van der Waals surface area contributed by atoms with Crippen molar-refractivity contribution < 1.29 is 28.8 Å². The van der Waals surface area contributed by atoms with Crippen molar-refractivity contribution in [1.29, 1.82) is 0 Å². The Bertz CT molecular complexity index is 1080. The predicted molar refractivity (Wildman–Crippen MR) is 97.8 cm³/mol. The minimum atomic E-state index is -1.12. The summed E-state index contributed by atoms with van der Waals surface area (Å²) in [7, 11) is 2.94. The molecule has 0 aromatic heterocycles. The molecule has 0 aliphatic carbocycles. The molecule has 2 aliphatic rings. The molecule has 2 aromatic carbocycles. The van der Waals surface area contributed by atoms with E-state index >= 15 is 0 Å². The van der Waals surface area contributed by atoms with Crippen molar-refractivity contribution in [3.05, 3.63) is 63.2 Å². The van der Waals surface area contributed by atoms with E-state index in [0.29, 0.717) is 17.1 Å². The Hall–Kier alpha value is -3.95. The number of amides is 3. The molecule has 3 amide bonds. The highest BCUT2D eigenvalue weighted by Crippen LogP contribution is 2.39. The van der Waals surface area contributed by atoms with Crippen LogP contribution in [0.4, 0.5) is 5.69 Å². The molecule has 0 spiro atoms. The normalized spacial score (nSPS) is 20.1. The number of nitrogens with zero attached hydrogens (tertiary/aromatic N) is 2. The highest BCUT2D eigenvalue weighted by molar-refractivity contribution is 6.25. The maximum Gasteiger partial charge on any atom is 0.282 e. The van der Waals surface area contributed by atoms with Crippen molar-refractivity contribution in [1.82, 2.24) is 10.2 Å². The standard InChI is InChI=1S/C19H15N3O7/c1-28-12-7-6-9(8-13(12)29-2)15-16(17(23)20-15)21-18(24)10-4-3-5-11(22(26)27)14(10)19(21)25/h3-8,15-16H,1-2H3,(H,20,23)/t15-,16+/m0/s1. The molecule has 10 nitrogen and oxygen atoms in total.